The van der Waals surface area contributed by atoms with Crippen molar-refractivity contribution in [1.29, 1.82) is 0 Å². The van der Waals surface area contributed by atoms with Crippen molar-refractivity contribution in [3.05, 3.63) is 34.7 Å². The average Bonchev–Trinajstić information content (AvgIpc) is 2.09. The molecule has 2 nitrogen and oxygen atoms in total. The number of rotatable bonds is 4. The largest absolute Gasteiger partial charge is 0.315 e. The van der Waals surface area contributed by atoms with Gasteiger partial charge in [0.1, 0.15) is 0 Å². The van der Waals surface area contributed by atoms with Gasteiger partial charge in [-0.3, -0.25) is 4.79 Å². The molecule has 1 aromatic heterocycles. The average molecular weight is 179 g/mol. The van der Waals surface area contributed by atoms with Crippen LogP contribution < -0.4 is 5.56 Å². The minimum atomic E-state index is 0.102. The SMILES string of the molecule is CCCC(C)Cn1ccccc1=O. The van der Waals surface area contributed by atoms with Crippen molar-refractivity contribution in [2.45, 2.75) is 33.2 Å². The summed E-state index contributed by atoms with van der Waals surface area (Å²) in [6, 6.07) is 5.29. The van der Waals surface area contributed by atoms with Gasteiger partial charge in [-0.15, -0.1) is 0 Å². The zero-order valence-corrected chi connectivity index (χ0v) is 8.36. The lowest BCUT2D eigenvalue weighted by Gasteiger charge is -2.11. The van der Waals surface area contributed by atoms with Gasteiger partial charge in [0, 0.05) is 18.8 Å². The first kappa shape index (κ1) is 10.0. The molecule has 72 valence electrons. The minimum Gasteiger partial charge on any atom is -0.315 e. The molecule has 0 aromatic carbocycles. The summed E-state index contributed by atoms with van der Waals surface area (Å²) in [5, 5.41) is 0. The summed E-state index contributed by atoms with van der Waals surface area (Å²) in [4.78, 5) is 11.3. The third-order valence-electron chi connectivity index (χ3n) is 2.19. The summed E-state index contributed by atoms with van der Waals surface area (Å²) in [5.41, 5.74) is 0.102. The van der Waals surface area contributed by atoms with E-state index in [2.05, 4.69) is 13.8 Å². The zero-order chi connectivity index (χ0) is 9.68. The van der Waals surface area contributed by atoms with Crippen LogP contribution in [0.2, 0.25) is 0 Å². The van der Waals surface area contributed by atoms with E-state index in [0.717, 1.165) is 6.54 Å². The highest BCUT2D eigenvalue weighted by atomic mass is 16.1. The molecule has 1 rings (SSSR count). The highest BCUT2D eigenvalue weighted by Crippen LogP contribution is 2.06. The van der Waals surface area contributed by atoms with Crippen molar-refractivity contribution in [1.82, 2.24) is 4.57 Å². The summed E-state index contributed by atoms with van der Waals surface area (Å²) in [7, 11) is 0. The molecule has 1 unspecified atom stereocenters. The van der Waals surface area contributed by atoms with E-state index in [1.54, 1.807) is 16.7 Å². The Morgan fingerprint density at radius 1 is 1.46 bits per heavy atom. The van der Waals surface area contributed by atoms with Gasteiger partial charge in [-0.25, -0.2) is 0 Å². The molecule has 0 aliphatic carbocycles. The van der Waals surface area contributed by atoms with Crippen molar-refractivity contribution < 1.29 is 0 Å². The van der Waals surface area contributed by atoms with Gasteiger partial charge in [-0.1, -0.05) is 26.3 Å². The Morgan fingerprint density at radius 3 is 2.85 bits per heavy atom. The van der Waals surface area contributed by atoms with Crippen molar-refractivity contribution >= 4 is 0 Å². The molecule has 13 heavy (non-hydrogen) atoms. The maximum Gasteiger partial charge on any atom is 0.250 e. The van der Waals surface area contributed by atoms with Crippen LogP contribution in [0.5, 0.6) is 0 Å². The predicted molar refractivity (Wildman–Crippen MR) is 54.8 cm³/mol. The predicted octanol–water partition coefficient (Wildman–Crippen LogP) is 2.28. The molecule has 0 fully saturated rings. The first-order valence-electron chi connectivity index (χ1n) is 4.89. The Balaban J connectivity index is 2.63. The molecule has 0 saturated carbocycles. The van der Waals surface area contributed by atoms with Gasteiger partial charge < -0.3 is 4.57 Å². The van der Waals surface area contributed by atoms with Gasteiger partial charge in [-0.2, -0.15) is 0 Å². The van der Waals surface area contributed by atoms with E-state index >= 15 is 0 Å². The first-order chi connectivity index (χ1) is 6.24. The van der Waals surface area contributed by atoms with Crippen LogP contribution in [0.1, 0.15) is 26.7 Å². The molecule has 2 heteroatoms. The Kier molecular flexibility index (Phi) is 3.74. The molecule has 1 aromatic rings. The number of hydrogen-bond donors (Lipinski definition) is 0. The second-order valence-corrected chi connectivity index (χ2v) is 3.59. The highest BCUT2D eigenvalue weighted by Gasteiger charge is 2.01. The standard InChI is InChI=1S/C11H17NO/c1-3-6-10(2)9-12-8-5-4-7-11(12)13/h4-5,7-8,10H,3,6,9H2,1-2H3. The third-order valence-corrected chi connectivity index (χ3v) is 2.19. The van der Waals surface area contributed by atoms with E-state index in [0.29, 0.717) is 5.92 Å². The molecule has 0 aliphatic heterocycles. The molecule has 0 amide bonds. The van der Waals surface area contributed by atoms with Crippen LogP contribution in [0.3, 0.4) is 0 Å². The molecule has 0 radical (unpaired) electrons. The van der Waals surface area contributed by atoms with Crippen LogP contribution >= 0.6 is 0 Å². The summed E-state index contributed by atoms with van der Waals surface area (Å²) < 4.78 is 1.78. The zero-order valence-electron chi connectivity index (χ0n) is 8.36. The van der Waals surface area contributed by atoms with Crippen molar-refractivity contribution in [2.75, 3.05) is 0 Å². The van der Waals surface area contributed by atoms with Crippen LogP contribution in [-0.2, 0) is 6.54 Å². The van der Waals surface area contributed by atoms with Gasteiger partial charge in [-0.05, 0) is 18.4 Å². The Bertz CT molecular complexity index is 303. The molecule has 1 heterocycles. The molecule has 0 N–H and O–H groups in total. The first-order valence-corrected chi connectivity index (χ1v) is 4.89. The fourth-order valence-electron chi connectivity index (χ4n) is 1.53. The van der Waals surface area contributed by atoms with E-state index in [1.165, 1.54) is 12.8 Å². The van der Waals surface area contributed by atoms with Crippen molar-refractivity contribution in [2.24, 2.45) is 5.92 Å². The lowest BCUT2D eigenvalue weighted by molar-refractivity contribution is 0.438. The summed E-state index contributed by atoms with van der Waals surface area (Å²) in [6.07, 6.45) is 4.22. The maximum absolute atomic E-state index is 11.3. The van der Waals surface area contributed by atoms with E-state index < -0.39 is 0 Å². The summed E-state index contributed by atoms with van der Waals surface area (Å²) in [5.74, 6) is 0.588. The number of pyridine rings is 1. The van der Waals surface area contributed by atoms with Crippen LogP contribution in [-0.4, -0.2) is 4.57 Å². The van der Waals surface area contributed by atoms with Crippen LogP contribution in [0.4, 0.5) is 0 Å². The Labute approximate surface area is 79.2 Å². The number of hydrogen-bond acceptors (Lipinski definition) is 1. The Hall–Kier alpha value is -1.05. The lowest BCUT2D eigenvalue weighted by Crippen LogP contribution is -2.21. The highest BCUT2D eigenvalue weighted by molar-refractivity contribution is 4.93. The lowest BCUT2D eigenvalue weighted by atomic mass is 10.1. The monoisotopic (exact) mass is 179 g/mol. The van der Waals surface area contributed by atoms with Crippen molar-refractivity contribution in [3.8, 4) is 0 Å². The number of nitrogens with zero attached hydrogens (tertiary/aromatic N) is 1. The summed E-state index contributed by atoms with van der Waals surface area (Å²) in [6.45, 7) is 5.20. The second kappa shape index (κ2) is 4.85. The minimum absolute atomic E-state index is 0.102. The normalized spacial score (nSPS) is 12.8. The van der Waals surface area contributed by atoms with Gasteiger partial charge >= 0.3 is 0 Å². The molecule has 0 aliphatic rings. The molecular formula is C11H17NO. The van der Waals surface area contributed by atoms with Crippen molar-refractivity contribution in [3.63, 3.8) is 0 Å². The second-order valence-electron chi connectivity index (χ2n) is 3.59. The number of aromatic nitrogens is 1. The molecule has 0 bridgehead atoms. The van der Waals surface area contributed by atoms with Gasteiger partial charge in [0.25, 0.3) is 5.56 Å². The topological polar surface area (TPSA) is 22.0 Å². The van der Waals surface area contributed by atoms with E-state index in [1.807, 2.05) is 12.3 Å². The van der Waals surface area contributed by atoms with Crippen LogP contribution in [0, 0.1) is 5.92 Å². The van der Waals surface area contributed by atoms with E-state index in [4.69, 9.17) is 0 Å². The molecular weight excluding hydrogens is 162 g/mol. The van der Waals surface area contributed by atoms with Crippen LogP contribution in [0.15, 0.2) is 29.2 Å². The molecule has 0 saturated heterocycles. The van der Waals surface area contributed by atoms with Gasteiger partial charge in [0.05, 0.1) is 0 Å². The van der Waals surface area contributed by atoms with Gasteiger partial charge in [0.2, 0.25) is 0 Å². The smallest absolute Gasteiger partial charge is 0.250 e. The van der Waals surface area contributed by atoms with Crippen LogP contribution in [0.25, 0.3) is 0 Å². The maximum atomic E-state index is 11.3. The Morgan fingerprint density at radius 2 is 2.23 bits per heavy atom. The summed E-state index contributed by atoms with van der Waals surface area (Å²) >= 11 is 0. The molecule has 0 spiro atoms. The van der Waals surface area contributed by atoms with Gasteiger partial charge in [0.15, 0.2) is 0 Å². The molecule has 1 atom stereocenters. The van der Waals surface area contributed by atoms with E-state index in [9.17, 15) is 4.79 Å². The fraction of sp³-hybridized carbons (Fsp3) is 0.545. The third kappa shape index (κ3) is 3.05. The fourth-order valence-corrected chi connectivity index (χ4v) is 1.53. The van der Waals surface area contributed by atoms with E-state index in [-0.39, 0.29) is 5.56 Å². The quantitative estimate of drug-likeness (QED) is 0.695.